The first-order chi connectivity index (χ1) is 11.3. The van der Waals surface area contributed by atoms with Gasteiger partial charge in [0, 0.05) is 5.69 Å². The topological polar surface area (TPSA) is 62.1 Å². The summed E-state index contributed by atoms with van der Waals surface area (Å²) < 4.78 is 43.8. The fraction of sp³-hybridized carbons (Fsp3) is 0.176. The first kappa shape index (κ1) is 17.3. The Labute approximate surface area is 136 Å². The number of nitriles is 1. The van der Waals surface area contributed by atoms with E-state index in [1.807, 2.05) is 6.07 Å². The van der Waals surface area contributed by atoms with Crippen LogP contribution in [0.25, 0.3) is 0 Å². The van der Waals surface area contributed by atoms with Crippen LogP contribution in [0.15, 0.2) is 42.5 Å². The number of halogens is 3. The van der Waals surface area contributed by atoms with Crippen molar-refractivity contribution in [2.24, 2.45) is 0 Å². The van der Waals surface area contributed by atoms with Crippen molar-refractivity contribution in [3.63, 3.8) is 0 Å². The van der Waals surface area contributed by atoms with Crippen LogP contribution in [0.2, 0.25) is 0 Å². The fourth-order valence-electron chi connectivity index (χ4n) is 2.03. The standard InChI is InChI=1S/C17H13F3N2O2/c1-11-6-7-13(8-14(11)17(18,19)20)22-16(23)10-24-15-5-3-2-4-12(15)9-21/h2-8H,10H2,1H3,(H,22,23). The van der Waals surface area contributed by atoms with Gasteiger partial charge in [-0.25, -0.2) is 0 Å². The normalized spacial score (nSPS) is 10.8. The van der Waals surface area contributed by atoms with Crippen molar-refractivity contribution in [1.29, 1.82) is 5.26 Å². The van der Waals surface area contributed by atoms with Crippen LogP contribution in [0.5, 0.6) is 5.75 Å². The van der Waals surface area contributed by atoms with Crippen molar-refractivity contribution in [3.05, 3.63) is 59.2 Å². The van der Waals surface area contributed by atoms with Crippen LogP contribution in [0.4, 0.5) is 18.9 Å². The lowest BCUT2D eigenvalue weighted by molar-refractivity contribution is -0.138. The monoisotopic (exact) mass is 334 g/mol. The first-order valence-electron chi connectivity index (χ1n) is 6.91. The number of anilines is 1. The maximum absolute atomic E-state index is 12.9. The van der Waals surface area contributed by atoms with E-state index in [2.05, 4.69) is 5.32 Å². The number of aryl methyl sites for hydroxylation is 1. The Hall–Kier alpha value is -3.01. The van der Waals surface area contributed by atoms with Gasteiger partial charge in [-0.15, -0.1) is 0 Å². The zero-order valence-corrected chi connectivity index (χ0v) is 12.6. The highest BCUT2D eigenvalue weighted by molar-refractivity contribution is 5.92. The van der Waals surface area contributed by atoms with Crippen molar-refractivity contribution in [2.75, 3.05) is 11.9 Å². The van der Waals surface area contributed by atoms with Gasteiger partial charge in [-0.05, 0) is 36.8 Å². The summed E-state index contributed by atoms with van der Waals surface area (Å²) in [6, 6.07) is 11.8. The van der Waals surface area contributed by atoms with Crippen molar-refractivity contribution in [2.45, 2.75) is 13.1 Å². The number of ether oxygens (including phenoxy) is 1. The highest BCUT2D eigenvalue weighted by atomic mass is 19.4. The average Bonchev–Trinajstić information content (AvgIpc) is 2.54. The van der Waals surface area contributed by atoms with Gasteiger partial charge in [0.1, 0.15) is 11.8 Å². The molecular formula is C17H13F3N2O2. The third kappa shape index (κ3) is 4.26. The summed E-state index contributed by atoms with van der Waals surface area (Å²) in [6.07, 6.45) is -4.49. The average molecular weight is 334 g/mol. The molecule has 0 aromatic heterocycles. The number of amides is 1. The molecule has 7 heteroatoms. The van der Waals surface area contributed by atoms with Gasteiger partial charge in [0.2, 0.25) is 0 Å². The quantitative estimate of drug-likeness (QED) is 0.922. The van der Waals surface area contributed by atoms with Crippen LogP contribution in [0.3, 0.4) is 0 Å². The number of hydrogen-bond acceptors (Lipinski definition) is 3. The molecule has 24 heavy (non-hydrogen) atoms. The van der Waals surface area contributed by atoms with E-state index in [9.17, 15) is 18.0 Å². The molecule has 2 rings (SSSR count). The predicted octanol–water partition coefficient (Wildman–Crippen LogP) is 3.90. The number of para-hydroxylation sites is 1. The number of benzene rings is 2. The zero-order chi connectivity index (χ0) is 17.7. The van der Waals surface area contributed by atoms with Gasteiger partial charge in [0.25, 0.3) is 5.91 Å². The van der Waals surface area contributed by atoms with E-state index in [0.717, 1.165) is 6.07 Å². The van der Waals surface area contributed by atoms with E-state index in [4.69, 9.17) is 10.00 Å². The van der Waals surface area contributed by atoms with E-state index < -0.39 is 24.3 Å². The highest BCUT2D eigenvalue weighted by Gasteiger charge is 2.32. The Morgan fingerprint density at radius 2 is 1.96 bits per heavy atom. The Morgan fingerprint density at radius 3 is 2.62 bits per heavy atom. The molecular weight excluding hydrogens is 321 g/mol. The minimum absolute atomic E-state index is 0.0232. The van der Waals surface area contributed by atoms with E-state index in [0.29, 0.717) is 0 Å². The van der Waals surface area contributed by atoms with Crippen molar-refractivity contribution in [1.82, 2.24) is 0 Å². The molecule has 2 aromatic carbocycles. The molecule has 2 aromatic rings. The molecule has 0 heterocycles. The number of nitrogens with one attached hydrogen (secondary N) is 1. The Morgan fingerprint density at radius 1 is 1.25 bits per heavy atom. The van der Waals surface area contributed by atoms with Crippen LogP contribution in [-0.4, -0.2) is 12.5 Å². The summed E-state index contributed by atoms with van der Waals surface area (Å²) in [6.45, 7) is 0.921. The van der Waals surface area contributed by atoms with Gasteiger partial charge >= 0.3 is 6.18 Å². The molecule has 0 bridgehead atoms. The molecule has 0 unspecified atom stereocenters. The molecule has 1 amide bonds. The SMILES string of the molecule is Cc1ccc(NC(=O)COc2ccccc2C#N)cc1C(F)(F)F. The van der Waals surface area contributed by atoms with Crippen molar-refractivity contribution in [3.8, 4) is 11.8 Å². The Balaban J connectivity index is 2.04. The minimum Gasteiger partial charge on any atom is -0.482 e. The highest BCUT2D eigenvalue weighted by Crippen LogP contribution is 2.33. The molecule has 0 saturated carbocycles. The largest absolute Gasteiger partial charge is 0.482 e. The lowest BCUT2D eigenvalue weighted by atomic mass is 10.1. The number of nitrogens with zero attached hydrogens (tertiary/aromatic N) is 1. The molecule has 124 valence electrons. The first-order valence-corrected chi connectivity index (χ1v) is 6.91. The molecule has 0 atom stereocenters. The molecule has 0 fully saturated rings. The lowest BCUT2D eigenvalue weighted by Crippen LogP contribution is -2.21. The maximum atomic E-state index is 12.9. The summed E-state index contributed by atoms with van der Waals surface area (Å²) in [7, 11) is 0. The zero-order valence-electron chi connectivity index (χ0n) is 12.6. The number of carbonyl (C=O) groups is 1. The summed E-state index contributed by atoms with van der Waals surface area (Å²) in [5, 5.41) is 11.3. The molecule has 0 aliphatic carbocycles. The summed E-state index contributed by atoms with van der Waals surface area (Å²) in [5.41, 5.74) is -0.453. The Bertz CT molecular complexity index is 795. The van der Waals surface area contributed by atoms with E-state index >= 15 is 0 Å². The Kier molecular flexibility index (Phi) is 5.09. The predicted molar refractivity (Wildman–Crippen MR) is 81.5 cm³/mol. The minimum atomic E-state index is -4.49. The third-order valence-corrected chi connectivity index (χ3v) is 3.19. The smallest absolute Gasteiger partial charge is 0.416 e. The molecule has 0 spiro atoms. The van der Waals surface area contributed by atoms with Crippen LogP contribution in [-0.2, 0) is 11.0 Å². The van der Waals surface area contributed by atoms with Gasteiger partial charge in [-0.2, -0.15) is 18.4 Å². The van der Waals surface area contributed by atoms with Crippen molar-refractivity contribution >= 4 is 11.6 Å². The van der Waals surface area contributed by atoms with Crippen LogP contribution in [0.1, 0.15) is 16.7 Å². The molecule has 0 saturated heterocycles. The maximum Gasteiger partial charge on any atom is 0.416 e. The number of alkyl halides is 3. The third-order valence-electron chi connectivity index (χ3n) is 3.19. The number of hydrogen-bond donors (Lipinski definition) is 1. The van der Waals surface area contributed by atoms with E-state index in [1.165, 1.54) is 31.2 Å². The number of carbonyl (C=O) groups excluding carboxylic acids is 1. The van der Waals surface area contributed by atoms with Crippen LogP contribution < -0.4 is 10.1 Å². The lowest BCUT2D eigenvalue weighted by Gasteiger charge is -2.13. The van der Waals surface area contributed by atoms with Gasteiger partial charge < -0.3 is 10.1 Å². The van der Waals surface area contributed by atoms with Crippen molar-refractivity contribution < 1.29 is 22.7 Å². The molecule has 4 nitrogen and oxygen atoms in total. The van der Waals surface area contributed by atoms with Crippen LogP contribution in [0, 0.1) is 18.3 Å². The summed E-state index contributed by atoms with van der Waals surface area (Å²) in [4.78, 5) is 11.8. The second-order valence-corrected chi connectivity index (χ2v) is 4.97. The fourth-order valence-corrected chi connectivity index (χ4v) is 2.03. The van der Waals surface area contributed by atoms with Crippen LogP contribution >= 0.6 is 0 Å². The second kappa shape index (κ2) is 7.04. The van der Waals surface area contributed by atoms with Gasteiger partial charge in [-0.3, -0.25) is 4.79 Å². The van der Waals surface area contributed by atoms with E-state index in [-0.39, 0.29) is 22.6 Å². The molecule has 1 N–H and O–H groups in total. The van der Waals surface area contributed by atoms with Gasteiger partial charge in [0.05, 0.1) is 11.1 Å². The van der Waals surface area contributed by atoms with E-state index in [1.54, 1.807) is 12.1 Å². The summed E-state index contributed by atoms with van der Waals surface area (Å²) >= 11 is 0. The van der Waals surface area contributed by atoms with Gasteiger partial charge in [-0.1, -0.05) is 18.2 Å². The van der Waals surface area contributed by atoms with Gasteiger partial charge in [0.15, 0.2) is 6.61 Å². The second-order valence-electron chi connectivity index (χ2n) is 4.97. The molecule has 0 aliphatic heterocycles. The number of rotatable bonds is 4. The molecule has 0 radical (unpaired) electrons. The summed E-state index contributed by atoms with van der Waals surface area (Å²) in [5.74, 6) is -0.394. The molecule has 0 aliphatic rings.